The van der Waals surface area contributed by atoms with Crippen molar-refractivity contribution in [1.29, 1.82) is 0 Å². The lowest BCUT2D eigenvalue weighted by Crippen LogP contribution is -2.42. The standard InChI is InChI=1S/C12H23N3O2S/c1-6-12(2,3)11(13-4)9-15-8-10(7-14-15)18(5,16)17/h7-8,11,13H,6,9H2,1-5H3. The molecule has 0 aliphatic rings. The molecule has 1 atom stereocenters. The van der Waals surface area contributed by atoms with E-state index in [-0.39, 0.29) is 16.4 Å². The Morgan fingerprint density at radius 2 is 2.11 bits per heavy atom. The Bertz CT molecular complexity index is 491. The summed E-state index contributed by atoms with van der Waals surface area (Å²) < 4.78 is 24.5. The van der Waals surface area contributed by atoms with Gasteiger partial charge in [0, 0.05) is 18.5 Å². The Kier molecular flexibility index (Phi) is 4.55. The summed E-state index contributed by atoms with van der Waals surface area (Å²) in [6, 6.07) is 0.245. The summed E-state index contributed by atoms with van der Waals surface area (Å²) in [4.78, 5) is 0.270. The van der Waals surface area contributed by atoms with Crippen molar-refractivity contribution in [3.05, 3.63) is 12.4 Å². The highest BCUT2D eigenvalue weighted by atomic mass is 32.2. The smallest absolute Gasteiger partial charge is 0.178 e. The first kappa shape index (κ1) is 15.2. The van der Waals surface area contributed by atoms with Gasteiger partial charge in [-0.25, -0.2) is 8.42 Å². The number of aromatic nitrogens is 2. The predicted octanol–water partition coefficient (Wildman–Crippen LogP) is 1.31. The van der Waals surface area contributed by atoms with Gasteiger partial charge in [0.1, 0.15) is 4.90 Å². The molecule has 0 saturated carbocycles. The van der Waals surface area contributed by atoms with Gasteiger partial charge in [0.15, 0.2) is 9.84 Å². The zero-order valence-electron chi connectivity index (χ0n) is 11.8. The van der Waals surface area contributed by atoms with Crippen molar-refractivity contribution in [3.63, 3.8) is 0 Å². The van der Waals surface area contributed by atoms with E-state index in [1.165, 1.54) is 12.5 Å². The Labute approximate surface area is 109 Å². The van der Waals surface area contributed by atoms with Crippen LogP contribution in [0.5, 0.6) is 0 Å². The third kappa shape index (κ3) is 3.55. The molecule has 1 aromatic rings. The van der Waals surface area contributed by atoms with Crippen LogP contribution in [0.4, 0.5) is 0 Å². The lowest BCUT2D eigenvalue weighted by atomic mass is 9.82. The van der Waals surface area contributed by atoms with Crippen LogP contribution in [0.25, 0.3) is 0 Å². The zero-order chi connectivity index (χ0) is 14.0. The zero-order valence-corrected chi connectivity index (χ0v) is 12.6. The van der Waals surface area contributed by atoms with Crippen LogP contribution in [-0.4, -0.2) is 37.5 Å². The van der Waals surface area contributed by atoms with E-state index in [1.54, 1.807) is 10.9 Å². The first-order chi connectivity index (χ1) is 8.20. The molecule has 18 heavy (non-hydrogen) atoms. The van der Waals surface area contributed by atoms with Crippen molar-refractivity contribution < 1.29 is 8.42 Å². The third-order valence-corrected chi connectivity index (χ3v) is 4.68. The van der Waals surface area contributed by atoms with E-state index < -0.39 is 9.84 Å². The van der Waals surface area contributed by atoms with Gasteiger partial charge in [-0.05, 0) is 18.9 Å². The molecule has 1 rings (SSSR count). The summed E-state index contributed by atoms with van der Waals surface area (Å²) in [5.74, 6) is 0. The second-order valence-electron chi connectivity index (χ2n) is 5.35. The number of rotatable bonds is 6. The van der Waals surface area contributed by atoms with Gasteiger partial charge in [-0.2, -0.15) is 5.10 Å². The maximum absolute atomic E-state index is 11.4. The molecule has 0 radical (unpaired) electrons. The highest BCUT2D eigenvalue weighted by molar-refractivity contribution is 7.90. The summed E-state index contributed by atoms with van der Waals surface area (Å²) >= 11 is 0. The van der Waals surface area contributed by atoms with E-state index in [0.717, 1.165) is 6.42 Å². The van der Waals surface area contributed by atoms with Crippen molar-refractivity contribution in [2.75, 3.05) is 13.3 Å². The molecule has 0 amide bonds. The predicted molar refractivity (Wildman–Crippen MR) is 72.3 cm³/mol. The number of nitrogens with zero attached hydrogens (tertiary/aromatic N) is 2. The molecular weight excluding hydrogens is 250 g/mol. The maximum atomic E-state index is 11.4. The van der Waals surface area contributed by atoms with Crippen LogP contribution < -0.4 is 5.32 Å². The largest absolute Gasteiger partial charge is 0.315 e. The Balaban J connectivity index is 2.87. The van der Waals surface area contributed by atoms with Gasteiger partial charge in [-0.15, -0.1) is 0 Å². The minimum absolute atomic E-state index is 0.131. The quantitative estimate of drug-likeness (QED) is 0.849. The van der Waals surface area contributed by atoms with Gasteiger partial charge in [-0.1, -0.05) is 20.8 Å². The lowest BCUT2D eigenvalue weighted by Gasteiger charge is -2.33. The number of sulfone groups is 1. The fraction of sp³-hybridized carbons (Fsp3) is 0.750. The second-order valence-corrected chi connectivity index (χ2v) is 7.37. The Morgan fingerprint density at radius 3 is 2.50 bits per heavy atom. The molecule has 0 fully saturated rings. The first-order valence-electron chi connectivity index (χ1n) is 6.10. The minimum atomic E-state index is -3.17. The molecule has 0 aliphatic carbocycles. The number of hydrogen-bond acceptors (Lipinski definition) is 4. The average Bonchev–Trinajstić information content (AvgIpc) is 2.73. The van der Waals surface area contributed by atoms with Crippen molar-refractivity contribution >= 4 is 9.84 Å². The topological polar surface area (TPSA) is 64.0 Å². The fourth-order valence-corrected chi connectivity index (χ4v) is 2.35. The van der Waals surface area contributed by atoms with Crippen LogP contribution in [0.3, 0.4) is 0 Å². The van der Waals surface area contributed by atoms with Crippen LogP contribution in [0.15, 0.2) is 17.3 Å². The fourth-order valence-electron chi connectivity index (χ4n) is 1.80. The number of hydrogen-bond donors (Lipinski definition) is 1. The van der Waals surface area contributed by atoms with E-state index in [4.69, 9.17) is 0 Å². The van der Waals surface area contributed by atoms with Crippen molar-refractivity contribution in [1.82, 2.24) is 15.1 Å². The lowest BCUT2D eigenvalue weighted by molar-refractivity contribution is 0.214. The molecule has 0 spiro atoms. The van der Waals surface area contributed by atoms with Gasteiger partial charge >= 0.3 is 0 Å². The summed E-state index contributed by atoms with van der Waals surface area (Å²) in [6.07, 6.45) is 5.23. The van der Waals surface area contributed by atoms with Crippen molar-refractivity contribution in [2.45, 2.75) is 44.7 Å². The van der Waals surface area contributed by atoms with Crippen LogP contribution in [-0.2, 0) is 16.4 Å². The highest BCUT2D eigenvalue weighted by Gasteiger charge is 2.27. The van der Waals surface area contributed by atoms with Crippen LogP contribution in [0.2, 0.25) is 0 Å². The highest BCUT2D eigenvalue weighted by Crippen LogP contribution is 2.25. The SMILES string of the molecule is CCC(C)(C)C(Cn1cc(S(C)(=O)=O)cn1)NC. The van der Waals surface area contributed by atoms with Gasteiger partial charge in [-0.3, -0.25) is 4.68 Å². The molecule has 5 nitrogen and oxygen atoms in total. The molecular formula is C12H23N3O2S. The summed E-state index contributed by atoms with van der Waals surface area (Å²) in [5.41, 5.74) is 0.131. The molecule has 1 unspecified atom stereocenters. The normalized spacial score (nSPS) is 14.7. The second kappa shape index (κ2) is 5.40. The van der Waals surface area contributed by atoms with Crippen LogP contribution in [0, 0.1) is 5.41 Å². The molecule has 104 valence electrons. The molecule has 1 heterocycles. The first-order valence-corrected chi connectivity index (χ1v) is 7.99. The summed E-state index contributed by atoms with van der Waals surface area (Å²) in [7, 11) is -1.25. The van der Waals surface area contributed by atoms with Crippen molar-refractivity contribution in [3.8, 4) is 0 Å². The van der Waals surface area contributed by atoms with E-state index in [0.29, 0.717) is 6.54 Å². The van der Waals surface area contributed by atoms with E-state index in [9.17, 15) is 8.42 Å². The third-order valence-electron chi connectivity index (χ3n) is 3.61. The molecule has 0 saturated heterocycles. The van der Waals surface area contributed by atoms with Crippen molar-refractivity contribution in [2.24, 2.45) is 5.41 Å². The number of nitrogens with one attached hydrogen (secondary N) is 1. The van der Waals surface area contributed by atoms with Gasteiger partial charge in [0.2, 0.25) is 0 Å². The van der Waals surface area contributed by atoms with E-state index >= 15 is 0 Å². The molecule has 0 aliphatic heterocycles. The van der Waals surface area contributed by atoms with E-state index in [2.05, 4.69) is 31.2 Å². The molecule has 1 aromatic heterocycles. The van der Waals surface area contributed by atoms with Crippen LogP contribution in [0.1, 0.15) is 27.2 Å². The average molecular weight is 273 g/mol. The monoisotopic (exact) mass is 273 g/mol. The Morgan fingerprint density at radius 1 is 1.50 bits per heavy atom. The minimum Gasteiger partial charge on any atom is -0.315 e. The van der Waals surface area contributed by atoms with Gasteiger partial charge < -0.3 is 5.32 Å². The summed E-state index contributed by atoms with van der Waals surface area (Å²) in [6.45, 7) is 7.19. The van der Waals surface area contributed by atoms with Gasteiger partial charge in [0.05, 0.1) is 12.7 Å². The van der Waals surface area contributed by atoms with E-state index in [1.807, 2.05) is 7.05 Å². The summed E-state index contributed by atoms with van der Waals surface area (Å²) in [5, 5.41) is 7.40. The molecule has 0 bridgehead atoms. The molecule has 1 N–H and O–H groups in total. The molecule has 0 aromatic carbocycles. The van der Waals surface area contributed by atoms with Gasteiger partial charge in [0.25, 0.3) is 0 Å². The maximum Gasteiger partial charge on any atom is 0.178 e. The number of likely N-dealkylation sites (N-methyl/N-ethyl adjacent to an activating group) is 1. The van der Waals surface area contributed by atoms with Crippen LogP contribution >= 0.6 is 0 Å². The Hall–Kier alpha value is -0.880. The molecule has 6 heteroatoms.